The predicted octanol–water partition coefficient (Wildman–Crippen LogP) is 2.29. The molecule has 0 saturated carbocycles. The summed E-state index contributed by atoms with van der Waals surface area (Å²) in [6.07, 6.45) is -3.58. The molecule has 0 radical (unpaired) electrons. The van der Waals surface area contributed by atoms with Crippen LogP contribution in [0.2, 0.25) is 0 Å². The third-order valence-corrected chi connectivity index (χ3v) is 5.26. The van der Waals surface area contributed by atoms with Crippen molar-refractivity contribution in [2.24, 2.45) is 10.7 Å². The molecule has 3 rings (SSSR count). The molecule has 0 unspecified atom stereocenters. The first kappa shape index (κ1) is 25.9. The third kappa shape index (κ3) is 8.28. The molecule has 1 aromatic carbocycles. The van der Waals surface area contributed by atoms with Gasteiger partial charge in [-0.15, -0.1) is 24.0 Å². The van der Waals surface area contributed by atoms with Gasteiger partial charge in [0.05, 0.1) is 38.5 Å². The van der Waals surface area contributed by atoms with Crippen LogP contribution in [0.5, 0.6) is 0 Å². The zero-order valence-corrected chi connectivity index (χ0v) is 19.8. The molecule has 31 heavy (non-hydrogen) atoms. The molecule has 0 spiro atoms. The number of rotatable bonds is 7. The lowest BCUT2D eigenvalue weighted by molar-refractivity contribution is -0.138. The summed E-state index contributed by atoms with van der Waals surface area (Å²) >= 11 is 0. The van der Waals surface area contributed by atoms with E-state index in [9.17, 15) is 13.2 Å². The second-order valence-electron chi connectivity index (χ2n) is 7.37. The van der Waals surface area contributed by atoms with Crippen molar-refractivity contribution >= 4 is 35.6 Å². The van der Waals surface area contributed by atoms with E-state index in [2.05, 4.69) is 15.2 Å². The number of hydrogen-bond acceptors (Lipinski definition) is 5. The van der Waals surface area contributed by atoms with Gasteiger partial charge < -0.3 is 25.4 Å². The molecular formula is C20H31F3IN5O2. The quantitative estimate of drug-likeness (QED) is 0.232. The third-order valence-electron chi connectivity index (χ3n) is 5.26. The highest BCUT2D eigenvalue weighted by Crippen LogP contribution is 2.35. The summed E-state index contributed by atoms with van der Waals surface area (Å²) in [5.74, 6) is 0.155. The van der Waals surface area contributed by atoms with Crippen molar-refractivity contribution in [2.75, 3.05) is 70.6 Å². The highest BCUT2D eigenvalue weighted by Gasteiger charge is 2.34. The lowest BCUT2D eigenvalue weighted by Gasteiger charge is -2.29. The van der Waals surface area contributed by atoms with Gasteiger partial charge in [-0.3, -0.25) is 4.90 Å². The number of halogens is 4. The molecule has 2 fully saturated rings. The average molecular weight is 557 g/mol. The molecule has 2 heterocycles. The molecule has 176 valence electrons. The highest BCUT2D eigenvalue weighted by atomic mass is 127. The van der Waals surface area contributed by atoms with E-state index in [0.29, 0.717) is 38.5 Å². The Bertz CT molecular complexity index is 709. The molecule has 0 aromatic heterocycles. The van der Waals surface area contributed by atoms with E-state index in [0.717, 1.165) is 39.3 Å². The van der Waals surface area contributed by atoms with E-state index < -0.39 is 11.7 Å². The Morgan fingerprint density at radius 3 is 2.35 bits per heavy atom. The minimum Gasteiger partial charge on any atom is -0.379 e. The largest absolute Gasteiger partial charge is 0.416 e. The zero-order chi connectivity index (χ0) is 21.4. The smallest absolute Gasteiger partial charge is 0.379 e. The standard InChI is InChI=1S/C20H30F3N5O2.HI/c21-20(22,23)18-14-17(28-8-12-30-13-9-28)3-2-16(18)15-26-19(24)25-4-1-5-27-6-10-29-11-7-27;/h2-3,14H,1,4-13,15H2,(H3,24,25,26);1H. The summed E-state index contributed by atoms with van der Waals surface area (Å²) in [5.41, 5.74) is 5.84. The van der Waals surface area contributed by atoms with Crippen molar-refractivity contribution in [3.8, 4) is 0 Å². The number of hydrogen-bond donors (Lipinski definition) is 2. The van der Waals surface area contributed by atoms with Gasteiger partial charge in [0.15, 0.2) is 5.96 Å². The molecule has 2 aliphatic heterocycles. The normalized spacial score (nSPS) is 18.5. The number of morpholine rings is 2. The summed E-state index contributed by atoms with van der Waals surface area (Å²) in [6.45, 7) is 6.95. The number of anilines is 1. The Morgan fingerprint density at radius 2 is 1.71 bits per heavy atom. The number of guanidine groups is 1. The maximum absolute atomic E-state index is 13.6. The Kier molecular flexibility index (Phi) is 10.6. The summed E-state index contributed by atoms with van der Waals surface area (Å²) < 4.78 is 51.4. The fraction of sp³-hybridized carbons (Fsp3) is 0.650. The van der Waals surface area contributed by atoms with Crippen LogP contribution in [0.15, 0.2) is 23.2 Å². The van der Waals surface area contributed by atoms with Crippen LogP contribution in [0, 0.1) is 0 Å². The van der Waals surface area contributed by atoms with Crippen LogP contribution < -0.4 is 16.0 Å². The van der Waals surface area contributed by atoms with Crippen LogP contribution in [-0.2, 0) is 22.2 Å². The maximum Gasteiger partial charge on any atom is 0.416 e. The molecular weight excluding hydrogens is 526 g/mol. The summed E-state index contributed by atoms with van der Waals surface area (Å²) in [7, 11) is 0. The van der Waals surface area contributed by atoms with Gasteiger partial charge >= 0.3 is 6.18 Å². The molecule has 0 amide bonds. The number of nitrogens with two attached hydrogens (primary N) is 1. The van der Waals surface area contributed by atoms with E-state index in [1.807, 2.05) is 4.90 Å². The van der Waals surface area contributed by atoms with Gasteiger partial charge in [0.2, 0.25) is 0 Å². The maximum atomic E-state index is 13.6. The Morgan fingerprint density at radius 1 is 1.06 bits per heavy atom. The number of ether oxygens (including phenoxy) is 2. The lowest BCUT2D eigenvalue weighted by Crippen LogP contribution is -2.39. The number of nitrogens with one attached hydrogen (secondary N) is 1. The molecule has 0 aliphatic carbocycles. The molecule has 2 aliphatic rings. The second kappa shape index (κ2) is 12.7. The molecule has 1 aromatic rings. The van der Waals surface area contributed by atoms with Crippen molar-refractivity contribution < 1.29 is 22.6 Å². The van der Waals surface area contributed by atoms with Crippen molar-refractivity contribution in [3.63, 3.8) is 0 Å². The number of alkyl halides is 3. The molecule has 7 nitrogen and oxygen atoms in total. The fourth-order valence-electron chi connectivity index (χ4n) is 3.55. The second-order valence-corrected chi connectivity index (χ2v) is 7.37. The zero-order valence-electron chi connectivity index (χ0n) is 17.5. The summed E-state index contributed by atoms with van der Waals surface area (Å²) in [6, 6.07) is 4.39. The average Bonchev–Trinajstić information content (AvgIpc) is 2.76. The number of aliphatic imine (C=N–C) groups is 1. The van der Waals surface area contributed by atoms with Gasteiger partial charge in [0, 0.05) is 38.4 Å². The van der Waals surface area contributed by atoms with Gasteiger partial charge in [-0.1, -0.05) is 6.07 Å². The Labute approximate surface area is 198 Å². The first-order valence-electron chi connectivity index (χ1n) is 10.3. The van der Waals surface area contributed by atoms with Gasteiger partial charge in [0.25, 0.3) is 0 Å². The molecule has 0 atom stereocenters. The van der Waals surface area contributed by atoms with Crippen LogP contribution in [-0.4, -0.2) is 76.6 Å². The monoisotopic (exact) mass is 557 g/mol. The predicted molar refractivity (Wildman–Crippen MR) is 125 cm³/mol. The SMILES string of the molecule is I.NC(=NCc1ccc(N2CCOCC2)cc1C(F)(F)F)NCCCN1CCOCC1. The van der Waals surface area contributed by atoms with Gasteiger partial charge in [0.1, 0.15) is 0 Å². The summed E-state index contributed by atoms with van der Waals surface area (Å²) in [4.78, 5) is 8.32. The molecule has 0 bridgehead atoms. The van der Waals surface area contributed by atoms with Crippen molar-refractivity contribution in [2.45, 2.75) is 19.1 Å². The van der Waals surface area contributed by atoms with E-state index in [4.69, 9.17) is 15.2 Å². The van der Waals surface area contributed by atoms with E-state index in [1.54, 1.807) is 6.07 Å². The fourth-order valence-corrected chi connectivity index (χ4v) is 3.55. The van der Waals surface area contributed by atoms with Gasteiger partial charge in [-0.25, -0.2) is 4.99 Å². The summed E-state index contributed by atoms with van der Waals surface area (Å²) in [5, 5.41) is 2.98. The Balaban J connectivity index is 0.00000341. The van der Waals surface area contributed by atoms with E-state index >= 15 is 0 Å². The van der Waals surface area contributed by atoms with Crippen molar-refractivity contribution in [1.82, 2.24) is 10.2 Å². The molecule has 11 heteroatoms. The first-order chi connectivity index (χ1) is 14.4. The van der Waals surface area contributed by atoms with E-state index in [-0.39, 0.29) is 42.0 Å². The number of benzene rings is 1. The molecule has 2 saturated heterocycles. The van der Waals surface area contributed by atoms with Gasteiger partial charge in [-0.2, -0.15) is 13.2 Å². The van der Waals surface area contributed by atoms with Crippen LogP contribution in [0.25, 0.3) is 0 Å². The minimum absolute atomic E-state index is 0. The topological polar surface area (TPSA) is 75.3 Å². The van der Waals surface area contributed by atoms with Crippen LogP contribution >= 0.6 is 24.0 Å². The van der Waals surface area contributed by atoms with Gasteiger partial charge in [-0.05, 0) is 30.7 Å². The number of nitrogens with zero attached hydrogens (tertiary/aromatic N) is 3. The van der Waals surface area contributed by atoms with E-state index in [1.165, 1.54) is 12.1 Å². The van der Waals surface area contributed by atoms with Crippen molar-refractivity contribution in [3.05, 3.63) is 29.3 Å². The van der Waals surface area contributed by atoms with Crippen LogP contribution in [0.4, 0.5) is 18.9 Å². The van der Waals surface area contributed by atoms with Crippen molar-refractivity contribution in [1.29, 1.82) is 0 Å². The van der Waals surface area contributed by atoms with Crippen LogP contribution in [0.3, 0.4) is 0 Å². The molecule has 3 N–H and O–H groups in total. The van der Waals surface area contributed by atoms with Crippen LogP contribution in [0.1, 0.15) is 17.5 Å². The minimum atomic E-state index is -4.45. The highest BCUT2D eigenvalue weighted by molar-refractivity contribution is 14.0. The Hall–Kier alpha value is -1.31. The lowest BCUT2D eigenvalue weighted by atomic mass is 10.1. The first-order valence-corrected chi connectivity index (χ1v) is 10.3.